The van der Waals surface area contributed by atoms with Gasteiger partial charge in [0.2, 0.25) is 11.8 Å². The number of nitrogens with one attached hydrogen (secondary N) is 4. The Labute approximate surface area is 355 Å². The van der Waals surface area contributed by atoms with Crippen LogP contribution in [0.15, 0.2) is 128 Å². The van der Waals surface area contributed by atoms with Gasteiger partial charge in [-0.1, -0.05) is 110 Å². The summed E-state index contributed by atoms with van der Waals surface area (Å²) in [7, 11) is 0. The predicted molar refractivity (Wildman–Crippen MR) is 236 cm³/mol. The summed E-state index contributed by atoms with van der Waals surface area (Å²) in [4.78, 5) is 58.3. The maximum absolute atomic E-state index is 13.9. The first kappa shape index (κ1) is 43.8. The highest BCUT2D eigenvalue weighted by Crippen LogP contribution is 2.36. The number of alkyl carbamates (subject to hydrolysis) is 1. The fourth-order valence-electron chi connectivity index (χ4n) is 6.97. The van der Waals surface area contributed by atoms with Crippen molar-refractivity contribution in [2.75, 3.05) is 25.1 Å². The minimum atomic E-state index is -1.03. The Balaban J connectivity index is 1.17. The molecule has 6 rings (SSSR count). The zero-order valence-corrected chi connectivity index (χ0v) is 34.7. The number of carbonyl (C=O) groups is 4. The van der Waals surface area contributed by atoms with Crippen LogP contribution in [0.1, 0.15) is 61.5 Å². The molecular formula is C49H52N4O8. The predicted octanol–water partition coefficient (Wildman–Crippen LogP) is 6.46. The lowest BCUT2D eigenvalue weighted by molar-refractivity contribution is -0.130. The van der Waals surface area contributed by atoms with Crippen LogP contribution in [0.4, 0.5) is 10.5 Å². The van der Waals surface area contributed by atoms with E-state index in [1.165, 1.54) is 6.07 Å². The van der Waals surface area contributed by atoms with Gasteiger partial charge < -0.3 is 30.2 Å². The minimum absolute atomic E-state index is 0.169. The van der Waals surface area contributed by atoms with Gasteiger partial charge in [0.1, 0.15) is 30.6 Å². The van der Waals surface area contributed by atoms with Crippen molar-refractivity contribution in [3.8, 4) is 5.75 Å². The standard InChI is InChI=1S/C49H52N4O8/c1-5-29-58-41-26-24-34-17-9-11-21-38(34)44(41)45-39-22-12-10-18-35(39)25-27-42(45)59-32-43(54)52-40(23-14-28-50-48(57)61-49(2,3)4)47(56)51-37-20-13-19-36(30-37)46(55)53-60-31-33-15-7-6-8-16-33/h5-13,15-22,24-26,30,40,42H,1,14,23,27-29,31-32H2,2-4H3,(H,50,57)(H,51,56)(H,52,54)(H,53,55)/t40-,42?/m1/s1. The summed E-state index contributed by atoms with van der Waals surface area (Å²) in [5.74, 6) is -0.858. The van der Waals surface area contributed by atoms with Crippen molar-refractivity contribution in [2.24, 2.45) is 0 Å². The number of anilines is 1. The molecule has 0 radical (unpaired) electrons. The number of amides is 4. The molecule has 12 nitrogen and oxygen atoms in total. The molecular weight excluding hydrogens is 773 g/mol. The number of fused-ring (bicyclic) bond motifs is 2. The number of hydrogen-bond acceptors (Lipinski definition) is 8. The Kier molecular flexibility index (Phi) is 15.1. The molecule has 0 saturated carbocycles. The average molecular weight is 825 g/mol. The zero-order valence-electron chi connectivity index (χ0n) is 34.7. The van der Waals surface area contributed by atoms with Crippen molar-refractivity contribution in [1.82, 2.24) is 16.1 Å². The van der Waals surface area contributed by atoms with Gasteiger partial charge in [0, 0.05) is 28.9 Å². The highest BCUT2D eigenvalue weighted by molar-refractivity contribution is 6.00. The Hall–Kier alpha value is -6.76. The number of ether oxygens (including phenoxy) is 3. The van der Waals surface area contributed by atoms with Gasteiger partial charge >= 0.3 is 6.09 Å². The third kappa shape index (κ3) is 12.4. The van der Waals surface area contributed by atoms with Gasteiger partial charge in [0.25, 0.3) is 5.91 Å². The van der Waals surface area contributed by atoms with Crippen LogP contribution in [0.3, 0.4) is 0 Å². The van der Waals surface area contributed by atoms with Gasteiger partial charge in [-0.2, -0.15) is 0 Å². The molecule has 4 amide bonds. The smallest absolute Gasteiger partial charge is 0.407 e. The molecule has 0 heterocycles. The van der Waals surface area contributed by atoms with Crippen molar-refractivity contribution in [1.29, 1.82) is 0 Å². The Morgan fingerprint density at radius 3 is 2.46 bits per heavy atom. The molecule has 0 bridgehead atoms. The highest BCUT2D eigenvalue weighted by atomic mass is 16.6. The topological polar surface area (TPSA) is 153 Å². The molecule has 0 spiro atoms. The molecule has 4 N–H and O–H groups in total. The number of benzene rings is 5. The lowest BCUT2D eigenvalue weighted by atomic mass is 9.87. The fourth-order valence-corrected chi connectivity index (χ4v) is 6.97. The monoisotopic (exact) mass is 824 g/mol. The molecule has 0 aromatic heterocycles. The second-order valence-corrected chi connectivity index (χ2v) is 15.5. The van der Waals surface area contributed by atoms with E-state index in [0.717, 1.165) is 37.9 Å². The summed E-state index contributed by atoms with van der Waals surface area (Å²) in [6.07, 6.45) is 3.66. The summed E-state index contributed by atoms with van der Waals surface area (Å²) >= 11 is 0. The van der Waals surface area contributed by atoms with E-state index in [-0.39, 0.29) is 31.7 Å². The van der Waals surface area contributed by atoms with Crippen LogP contribution in [-0.2, 0) is 30.5 Å². The first-order chi connectivity index (χ1) is 29.5. The lowest BCUT2D eigenvalue weighted by Gasteiger charge is -2.26. The van der Waals surface area contributed by atoms with Crippen LogP contribution >= 0.6 is 0 Å². The van der Waals surface area contributed by atoms with Crippen LogP contribution in [0.25, 0.3) is 22.4 Å². The van der Waals surface area contributed by atoms with Crippen molar-refractivity contribution >= 4 is 51.9 Å². The van der Waals surface area contributed by atoms with E-state index >= 15 is 0 Å². The largest absolute Gasteiger partial charge is 0.489 e. The maximum atomic E-state index is 13.9. The van der Waals surface area contributed by atoms with E-state index in [9.17, 15) is 19.2 Å². The number of rotatable bonds is 18. The molecule has 1 aliphatic rings. The normalized spacial score (nSPS) is 13.8. The fraction of sp³-hybridized carbons (Fsp3) is 0.265. The summed E-state index contributed by atoms with van der Waals surface area (Å²) in [6, 6.07) is 34.8. The van der Waals surface area contributed by atoms with Crippen molar-refractivity contribution in [3.63, 3.8) is 0 Å². The van der Waals surface area contributed by atoms with Gasteiger partial charge in [-0.25, -0.2) is 10.3 Å². The second kappa shape index (κ2) is 21.0. The third-order valence-corrected chi connectivity index (χ3v) is 9.69. The van der Waals surface area contributed by atoms with Crippen molar-refractivity contribution in [2.45, 2.75) is 64.4 Å². The summed E-state index contributed by atoms with van der Waals surface area (Å²) < 4.78 is 18.0. The van der Waals surface area contributed by atoms with Crippen LogP contribution in [0.5, 0.6) is 5.75 Å². The molecule has 2 atom stereocenters. The van der Waals surface area contributed by atoms with Gasteiger partial charge in [-0.3, -0.25) is 19.2 Å². The van der Waals surface area contributed by atoms with Crippen molar-refractivity contribution in [3.05, 3.63) is 155 Å². The van der Waals surface area contributed by atoms with E-state index in [1.807, 2.05) is 84.9 Å². The van der Waals surface area contributed by atoms with Crippen LogP contribution in [-0.4, -0.2) is 61.3 Å². The van der Waals surface area contributed by atoms with Crippen LogP contribution in [0, 0.1) is 0 Å². The summed E-state index contributed by atoms with van der Waals surface area (Å²) in [6.45, 7) is 9.46. The van der Waals surface area contributed by atoms with E-state index in [2.05, 4.69) is 40.2 Å². The first-order valence-corrected chi connectivity index (χ1v) is 20.3. The SMILES string of the molecule is C=CCOc1ccc2ccccc2c1C1=c2ccccc2=CCC1OCC(=O)N[C@H](CCCNC(=O)OC(C)(C)C)C(=O)Nc1cccc(C(=O)NOCc2ccccc2)c1. The van der Waals surface area contributed by atoms with Crippen molar-refractivity contribution < 1.29 is 38.2 Å². The Bertz CT molecular complexity index is 2480. The minimum Gasteiger partial charge on any atom is -0.489 e. The molecule has 0 aliphatic heterocycles. The third-order valence-electron chi connectivity index (χ3n) is 9.69. The number of carbonyl (C=O) groups excluding carboxylic acids is 4. The lowest BCUT2D eigenvalue weighted by Crippen LogP contribution is -2.46. The average Bonchev–Trinajstić information content (AvgIpc) is 3.25. The molecule has 316 valence electrons. The molecule has 61 heavy (non-hydrogen) atoms. The van der Waals surface area contributed by atoms with E-state index < -0.39 is 41.6 Å². The van der Waals surface area contributed by atoms with Crippen LogP contribution < -0.4 is 36.6 Å². The van der Waals surface area contributed by atoms with Gasteiger partial charge in [-0.05, 0) is 91.1 Å². The maximum Gasteiger partial charge on any atom is 0.407 e. The molecule has 0 fully saturated rings. The Morgan fingerprint density at radius 1 is 0.885 bits per heavy atom. The summed E-state index contributed by atoms with van der Waals surface area (Å²) in [5, 5.41) is 12.4. The molecule has 5 aromatic rings. The van der Waals surface area contributed by atoms with E-state index in [1.54, 1.807) is 45.0 Å². The molecule has 1 aliphatic carbocycles. The molecule has 5 aromatic carbocycles. The van der Waals surface area contributed by atoms with Gasteiger partial charge in [0.05, 0.1) is 12.7 Å². The molecule has 0 saturated heterocycles. The highest BCUT2D eigenvalue weighted by Gasteiger charge is 2.27. The van der Waals surface area contributed by atoms with E-state index in [4.69, 9.17) is 19.0 Å². The summed E-state index contributed by atoms with van der Waals surface area (Å²) in [5.41, 5.74) is 4.99. The van der Waals surface area contributed by atoms with E-state index in [0.29, 0.717) is 30.9 Å². The molecule has 1 unspecified atom stereocenters. The zero-order chi connectivity index (χ0) is 43.2. The Morgan fingerprint density at radius 2 is 1.66 bits per heavy atom. The first-order valence-electron chi connectivity index (χ1n) is 20.3. The molecule has 12 heteroatoms. The second-order valence-electron chi connectivity index (χ2n) is 15.5. The number of hydroxylamine groups is 1. The van der Waals surface area contributed by atoms with Gasteiger partial charge in [0.15, 0.2) is 0 Å². The van der Waals surface area contributed by atoms with Gasteiger partial charge in [-0.15, -0.1) is 0 Å². The van der Waals surface area contributed by atoms with Crippen LogP contribution in [0.2, 0.25) is 0 Å². The quantitative estimate of drug-likeness (QED) is 0.0447. The number of hydrogen-bond donors (Lipinski definition) is 4.